The number of anilines is 1. The van der Waals surface area contributed by atoms with E-state index < -0.39 is 5.97 Å². The van der Waals surface area contributed by atoms with E-state index >= 15 is 0 Å². The summed E-state index contributed by atoms with van der Waals surface area (Å²) in [6.07, 6.45) is 0. The minimum Gasteiger partial charge on any atom is -0.478 e. The quantitative estimate of drug-likeness (QED) is 0.648. The Hall–Kier alpha value is -2.86. The highest BCUT2D eigenvalue weighted by atomic mass is 79.9. The summed E-state index contributed by atoms with van der Waals surface area (Å²) >= 11 is 3.38. The molecule has 1 amide bonds. The third-order valence-corrected chi connectivity index (χ3v) is 4.21. The van der Waals surface area contributed by atoms with Crippen LogP contribution in [-0.2, 0) is 0 Å². The Kier molecular flexibility index (Phi) is 4.72. The number of aromatic carboxylic acids is 1. The molecule has 0 fully saturated rings. The van der Waals surface area contributed by atoms with Crippen molar-refractivity contribution < 1.29 is 19.1 Å². The van der Waals surface area contributed by atoms with Gasteiger partial charge < -0.3 is 14.8 Å². The van der Waals surface area contributed by atoms with Crippen LogP contribution in [0, 0.1) is 6.92 Å². The summed E-state index contributed by atoms with van der Waals surface area (Å²) < 4.78 is 6.66. The molecule has 126 valence electrons. The van der Waals surface area contributed by atoms with E-state index in [0.29, 0.717) is 22.8 Å². The molecule has 3 aromatic rings. The lowest BCUT2D eigenvalue weighted by Gasteiger charge is -2.04. The van der Waals surface area contributed by atoms with Crippen molar-refractivity contribution in [3.63, 3.8) is 0 Å². The summed E-state index contributed by atoms with van der Waals surface area (Å²) in [4.78, 5) is 23.3. The Balaban J connectivity index is 1.80. The van der Waals surface area contributed by atoms with Gasteiger partial charge in [-0.15, -0.1) is 0 Å². The number of rotatable bonds is 4. The largest absolute Gasteiger partial charge is 0.478 e. The standard InChI is InChI=1S/C19H14BrNO4/c1-11-16(10-17(25-11)12-2-6-14(20)7-3-12)18(22)21-15-8-4-13(5-9-15)19(23)24/h2-10H,1H3,(H,21,22)(H,23,24). The van der Waals surface area contributed by atoms with Crippen molar-refractivity contribution in [2.24, 2.45) is 0 Å². The van der Waals surface area contributed by atoms with Crippen molar-refractivity contribution in [1.29, 1.82) is 0 Å². The Morgan fingerprint density at radius 1 is 1.04 bits per heavy atom. The number of nitrogens with one attached hydrogen (secondary N) is 1. The number of carboxylic acid groups (broad SMARTS) is 1. The summed E-state index contributed by atoms with van der Waals surface area (Å²) in [6, 6.07) is 15.3. The molecule has 0 unspecified atom stereocenters. The predicted octanol–water partition coefficient (Wildman–Crippen LogP) is 4.97. The molecular formula is C19H14BrNO4. The molecule has 6 heteroatoms. The monoisotopic (exact) mass is 399 g/mol. The molecular weight excluding hydrogens is 386 g/mol. The number of carbonyl (C=O) groups is 2. The van der Waals surface area contributed by atoms with Gasteiger partial charge in [0.15, 0.2) is 0 Å². The van der Waals surface area contributed by atoms with Crippen LogP contribution in [0.15, 0.2) is 63.5 Å². The summed E-state index contributed by atoms with van der Waals surface area (Å²) in [5.41, 5.74) is 1.98. The fraction of sp³-hybridized carbons (Fsp3) is 0.0526. The van der Waals surface area contributed by atoms with E-state index in [2.05, 4.69) is 21.2 Å². The fourth-order valence-electron chi connectivity index (χ4n) is 2.36. The maximum atomic E-state index is 12.5. The summed E-state index contributed by atoms with van der Waals surface area (Å²) in [5, 5.41) is 11.6. The zero-order valence-corrected chi connectivity index (χ0v) is 14.8. The first-order chi connectivity index (χ1) is 11.9. The van der Waals surface area contributed by atoms with Crippen LogP contribution < -0.4 is 5.32 Å². The SMILES string of the molecule is Cc1oc(-c2ccc(Br)cc2)cc1C(=O)Nc1ccc(C(=O)O)cc1. The van der Waals surface area contributed by atoms with Crippen LogP contribution in [0.4, 0.5) is 5.69 Å². The number of halogens is 1. The van der Waals surface area contributed by atoms with Gasteiger partial charge in [0.25, 0.3) is 5.91 Å². The lowest BCUT2D eigenvalue weighted by atomic mass is 10.1. The van der Waals surface area contributed by atoms with Crippen LogP contribution in [0.1, 0.15) is 26.5 Å². The second-order valence-electron chi connectivity index (χ2n) is 5.42. The maximum absolute atomic E-state index is 12.5. The molecule has 2 N–H and O–H groups in total. The van der Waals surface area contributed by atoms with E-state index in [1.165, 1.54) is 12.1 Å². The first kappa shape index (κ1) is 17.0. The second-order valence-corrected chi connectivity index (χ2v) is 6.34. The van der Waals surface area contributed by atoms with E-state index in [1.807, 2.05) is 24.3 Å². The van der Waals surface area contributed by atoms with Gasteiger partial charge >= 0.3 is 5.97 Å². The van der Waals surface area contributed by atoms with Crippen molar-refractivity contribution >= 4 is 33.5 Å². The molecule has 3 rings (SSSR count). The minimum absolute atomic E-state index is 0.162. The maximum Gasteiger partial charge on any atom is 0.335 e. The molecule has 0 aliphatic carbocycles. The second kappa shape index (κ2) is 6.94. The highest BCUT2D eigenvalue weighted by molar-refractivity contribution is 9.10. The first-order valence-corrected chi connectivity index (χ1v) is 8.24. The van der Waals surface area contributed by atoms with E-state index in [4.69, 9.17) is 9.52 Å². The average molecular weight is 400 g/mol. The van der Waals surface area contributed by atoms with E-state index in [9.17, 15) is 9.59 Å². The van der Waals surface area contributed by atoms with Gasteiger partial charge in [-0.2, -0.15) is 0 Å². The lowest BCUT2D eigenvalue weighted by Crippen LogP contribution is -2.12. The Morgan fingerprint density at radius 2 is 1.68 bits per heavy atom. The molecule has 0 aliphatic heterocycles. The number of hydrogen-bond donors (Lipinski definition) is 2. The molecule has 0 saturated carbocycles. The van der Waals surface area contributed by atoms with Gasteiger partial charge in [-0.25, -0.2) is 4.79 Å². The van der Waals surface area contributed by atoms with Crippen molar-refractivity contribution in [2.45, 2.75) is 6.92 Å². The minimum atomic E-state index is -1.01. The van der Waals surface area contributed by atoms with Crippen LogP contribution in [0.25, 0.3) is 11.3 Å². The highest BCUT2D eigenvalue weighted by Gasteiger charge is 2.16. The number of furan rings is 1. The third kappa shape index (κ3) is 3.80. The van der Waals surface area contributed by atoms with Crippen LogP contribution in [0.3, 0.4) is 0 Å². The van der Waals surface area contributed by atoms with Crippen LogP contribution >= 0.6 is 15.9 Å². The Bertz CT molecular complexity index is 927. The molecule has 0 spiro atoms. The number of amides is 1. The van der Waals surface area contributed by atoms with Gasteiger partial charge in [-0.3, -0.25) is 4.79 Å². The number of benzene rings is 2. The van der Waals surface area contributed by atoms with Gasteiger partial charge in [0.2, 0.25) is 0 Å². The molecule has 0 aliphatic rings. The smallest absolute Gasteiger partial charge is 0.335 e. The zero-order chi connectivity index (χ0) is 18.0. The summed E-state index contributed by atoms with van der Waals surface area (Å²) in [6.45, 7) is 1.73. The van der Waals surface area contributed by atoms with Crippen LogP contribution in [-0.4, -0.2) is 17.0 Å². The molecule has 1 heterocycles. The van der Waals surface area contributed by atoms with E-state index in [0.717, 1.165) is 10.0 Å². The van der Waals surface area contributed by atoms with Gasteiger partial charge in [-0.1, -0.05) is 28.1 Å². The molecule has 25 heavy (non-hydrogen) atoms. The average Bonchev–Trinajstić information content (AvgIpc) is 2.98. The number of carbonyl (C=O) groups excluding carboxylic acids is 1. The topological polar surface area (TPSA) is 79.5 Å². The molecule has 0 bridgehead atoms. The van der Waals surface area contributed by atoms with Crippen molar-refractivity contribution in [3.05, 3.63) is 76.0 Å². The normalized spacial score (nSPS) is 10.5. The zero-order valence-electron chi connectivity index (χ0n) is 13.2. The van der Waals surface area contributed by atoms with E-state index in [-0.39, 0.29) is 11.5 Å². The van der Waals surface area contributed by atoms with Gasteiger partial charge in [0.1, 0.15) is 11.5 Å². The van der Waals surface area contributed by atoms with Crippen molar-refractivity contribution in [3.8, 4) is 11.3 Å². The van der Waals surface area contributed by atoms with Crippen LogP contribution in [0.5, 0.6) is 0 Å². The fourth-order valence-corrected chi connectivity index (χ4v) is 2.62. The van der Waals surface area contributed by atoms with Crippen molar-refractivity contribution in [1.82, 2.24) is 0 Å². The lowest BCUT2D eigenvalue weighted by molar-refractivity contribution is 0.0696. The molecule has 1 aromatic heterocycles. The van der Waals surface area contributed by atoms with Gasteiger partial charge in [-0.05, 0) is 49.4 Å². The molecule has 5 nitrogen and oxygen atoms in total. The Morgan fingerprint density at radius 3 is 2.28 bits per heavy atom. The predicted molar refractivity (Wildman–Crippen MR) is 97.9 cm³/mol. The number of aryl methyl sites for hydroxylation is 1. The van der Waals surface area contributed by atoms with Crippen molar-refractivity contribution in [2.75, 3.05) is 5.32 Å². The number of carboxylic acids is 1. The molecule has 0 saturated heterocycles. The van der Waals surface area contributed by atoms with Crippen LogP contribution in [0.2, 0.25) is 0 Å². The van der Waals surface area contributed by atoms with E-state index in [1.54, 1.807) is 25.1 Å². The Labute approximate surface area is 152 Å². The molecule has 0 radical (unpaired) electrons. The summed E-state index contributed by atoms with van der Waals surface area (Å²) in [7, 11) is 0. The molecule has 2 aromatic carbocycles. The molecule has 0 atom stereocenters. The van der Waals surface area contributed by atoms with Gasteiger partial charge in [0.05, 0.1) is 11.1 Å². The van der Waals surface area contributed by atoms with Gasteiger partial charge in [0, 0.05) is 15.7 Å². The summed E-state index contributed by atoms with van der Waals surface area (Å²) in [5.74, 6) is -0.204. The third-order valence-electron chi connectivity index (χ3n) is 3.68. The first-order valence-electron chi connectivity index (χ1n) is 7.45. The number of hydrogen-bond acceptors (Lipinski definition) is 3. The highest BCUT2D eigenvalue weighted by Crippen LogP contribution is 2.27.